The third-order valence-electron chi connectivity index (χ3n) is 7.87. The van der Waals surface area contributed by atoms with E-state index in [1.165, 1.54) is 12.3 Å². The molecular formula is C26H32F2N4O. The zero-order valence-corrected chi connectivity index (χ0v) is 19.5. The summed E-state index contributed by atoms with van der Waals surface area (Å²) in [5.74, 6) is -1.10. The third-order valence-corrected chi connectivity index (χ3v) is 7.87. The van der Waals surface area contributed by atoms with Gasteiger partial charge in [-0.15, -0.1) is 0 Å². The monoisotopic (exact) mass is 454 g/mol. The molecule has 3 atom stereocenters. The van der Waals surface area contributed by atoms with Gasteiger partial charge in [0.25, 0.3) is 0 Å². The summed E-state index contributed by atoms with van der Waals surface area (Å²) in [4.78, 5) is 9.45. The number of aromatic amines is 1. The maximum atomic E-state index is 15.8. The first kappa shape index (κ1) is 22.4. The lowest BCUT2D eigenvalue weighted by Gasteiger charge is -2.51. The number of rotatable bonds is 3. The van der Waals surface area contributed by atoms with Crippen molar-refractivity contribution >= 4 is 11.0 Å². The van der Waals surface area contributed by atoms with Crippen molar-refractivity contribution in [3.63, 3.8) is 0 Å². The molecule has 0 aliphatic carbocycles. The van der Waals surface area contributed by atoms with Gasteiger partial charge in [0.2, 0.25) is 0 Å². The molecule has 5 nitrogen and oxygen atoms in total. The van der Waals surface area contributed by atoms with Crippen molar-refractivity contribution in [1.82, 2.24) is 20.2 Å². The lowest BCUT2D eigenvalue weighted by Crippen LogP contribution is -2.58. The minimum absolute atomic E-state index is 0.120. The molecule has 4 heterocycles. The van der Waals surface area contributed by atoms with Crippen LogP contribution >= 0.6 is 0 Å². The summed E-state index contributed by atoms with van der Waals surface area (Å²) in [6, 6.07) is 5.50. The molecule has 2 aliphatic rings. The van der Waals surface area contributed by atoms with Gasteiger partial charge < -0.3 is 15.4 Å². The van der Waals surface area contributed by atoms with Crippen molar-refractivity contribution in [2.24, 2.45) is 11.8 Å². The second-order valence-corrected chi connectivity index (χ2v) is 9.93. The Hall–Kier alpha value is -2.35. The molecular weight excluding hydrogens is 422 g/mol. The Kier molecular flexibility index (Phi) is 5.75. The van der Waals surface area contributed by atoms with Crippen molar-refractivity contribution in [3.8, 4) is 11.1 Å². The van der Waals surface area contributed by atoms with E-state index >= 15 is 4.39 Å². The van der Waals surface area contributed by atoms with Crippen LogP contribution in [-0.4, -0.2) is 52.2 Å². The van der Waals surface area contributed by atoms with Crippen LogP contribution in [0.15, 0.2) is 30.6 Å². The molecule has 2 aliphatic heterocycles. The Morgan fingerprint density at radius 1 is 1.09 bits per heavy atom. The molecule has 0 bridgehead atoms. The molecule has 33 heavy (non-hydrogen) atoms. The first-order valence-corrected chi connectivity index (χ1v) is 11.9. The van der Waals surface area contributed by atoms with Crippen LogP contribution < -0.4 is 5.32 Å². The van der Waals surface area contributed by atoms with Gasteiger partial charge in [0.1, 0.15) is 17.1 Å². The molecule has 0 unspecified atom stereocenters. The molecule has 5 rings (SSSR count). The lowest BCUT2D eigenvalue weighted by atomic mass is 9.68. The molecule has 2 aromatic heterocycles. The van der Waals surface area contributed by atoms with E-state index in [1.54, 1.807) is 12.3 Å². The van der Waals surface area contributed by atoms with Crippen molar-refractivity contribution < 1.29 is 13.9 Å². The van der Waals surface area contributed by atoms with E-state index in [2.05, 4.69) is 20.2 Å². The highest BCUT2D eigenvalue weighted by molar-refractivity contribution is 5.93. The lowest BCUT2D eigenvalue weighted by molar-refractivity contribution is -0.124. The number of nitrogens with one attached hydrogen (secondary N) is 2. The SMILES string of the molecule is Cc1cc(-c2ccnc3[nH]cc(F)c23)cc(F)c1[C@@]1(O)[C@H](C)CN(C2CCNCC2)C[C@@H]1C. The molecule has 7 heteroatoms. The standard InChI is InChI=1S/C26H32F2N4O/c1-15-10-18(20-6-9-30-25-23(20)22(28)12-31-25)11-21(27)24(15)26(33)16(2)13-32(14-17(26)3)19-4-7-29-8-5-19/h6,9-12,16-17,19,29,33H,4-5,7-8,13-14H2,1-3H3,(H,30,31)/t16-,17+,26-. The number of fused-ring (bicyclic) bond motifs is 1. The van der Waals surface area contributed by atoms with Crippen LogP contribution in [0.25, 0.3) is 22.2 Å². The first-order valence-electron chi connectivity index (χ1n) is 11.9. The zero-order valence-electron chi connectivity index (χ0n) is 19.5. The molecule has 3 aromatic rings. The Balaban J connectivity index is 1.51. The number of benzene rings is 1. The van der Waals surface area contributed by atoms with Crippen molar-refractivity contribution in [3.05, 3.63) is 53.4 Å². The average Bonchev–Trinajstić information content (AvgIpc) is 3.18. The molecule has 2 saturated heterocycles. The topological polar surface area (TPSA) is 64.2 Å². The van der Waals surface area contributed by atoms with Crippen LogP contribution in [0.3, 0.4) is 0 Å². The Bertz CT molecular complexity index is 1140. The number of aryl methyl sites for hydroxylation is 1. The van der Waals surface area contributed by atoms with Gasteiger partial charge in [0.15, 0.2) is 5.82 Å². The van der Waals surface area contributed by atoms with Gasteiger partial charge in [-0.05, 0) is 61.7 Å². The zero-order chi connectivity index (χ0) is 23.3. The van der Waals surface area contributed by atoms with E-state index in [9.17, 15) is 9.50 Å². The summed E-state index contributed by atoms with van der Waals surface area (Å²) in [6.07, 6.45) is 5.07. The Morgan fingerprint density at radius 2 is 1.79 bits per heavy atom. The number of hydrogen-bond acceptors (Lipinski definition) is 4. The summed E-state index contributed by atoms with van der Waals surface area (Å²) in [7, 11) is 0. The van der Waals surface area contributed by atoms with Crippen LogP contribution in [0.5, 0.6) is 0 Å². The Labute approximate surface area is 193 Å². The summed E-state index contributed by atoms with van der Waals surface area (Å²) < 4.78 is 30.2. The van der Waals surface area contributed by atoms with Crippen LogP contribution in [0.2, 0.25) is 0 Å². The normalized spacial score (nSPS) is 27.3. The van der Waals surface area contributed by atoms with E-state index < -0.39 is 17.2 Å². The number of aliphatic hydroxyl groups is 1. The van der Waals surface area contributed by atoms with Gasteiger partial charge in [-0.25, -0.2) is 13.8 Å². The van der Waals surface area contributed by atoms with Gasteiger partial charge >= 0.3 is 0 Å². The maximum absolute atomic E-state index is 15.8. The summed E-state index contributed by atoms with van der Waals surface area (Å²) in [5.41, 5.74) is 1.39. The molecule has 176 valence electrons. The van der Waals surface area contributed by atoms with E-state index in [0.717, 1.165) is 39.0 Å². The fourth-order valence-electron chi connectivity index (χ4n) is 6.17. The number of piperidine rings is 2. The predicted octanol–water partition coefficient (Wildman–Crippen LogP) is 4.34. The van der Waals surface area contributed by atoms with E-state index in [0.29, 0.717) is 39.3 Å². The maximum Gasteiger partial charge on any atom is 0.150 e. The number of nitrogens with zero attached hydrogens (tertiary/aromatic N) is 2. The average molecular weight is 455 g/mol. The first-order chi connectivity index (χ1) is 15.8. The smallest absolute Gasteiger partial charge is 0.150 e. The van der Waals surface area contributed by atoms with E-state index in [1.807, 2.05) is 26.8 Å². The fraction of sp³-hybridized carbons (Fsp3) is 0.500. The second kappa shape index (κ2) is 8.46. The van der Waals surface area contributed by atoms with E-state index in [-0.39, 0.29) is 11.8 Å². The predicted molar refractivity (Wildman–Crippen MR) is 126 cm³/mol. The minimum Gasteiger partial charge on any atom is -0.384 e. The van der Waals surface area contributed by atoms with Crippen LogP contribution in [-0.2, 0) is 5.60 Å². The number of pyridine rings is 1. The highest BCUT2D eigenvalue weighted by Crippen LogP contribution is 2.45. The van der Waals surface area contributed by atoms with Gasteiger partial charge in [-0.2, -0.15) is 0 Å². The van der Waals surface area contributed by atoms with Crippen LogP contribution in [0, 0.1) is 30.4 Å². The summed E-state index contributed by atoms with van der Waals surface area (Å²) in [5, 5.41) is 15.7. The fourth-order valence-corrected chi connectivity index (χ4v) is 6.17. The second-order valence-electron chi connectivity index (χ2n) is 9.93. The Morgan fingerprint density at radius 3 is 2.45 bits per heavy atom. The van der Waals surface area contributed by atoms with Crippen molar-refractivity contribution in [1.29, 1.82) is 0 Å². The molecule has 3 N–H and O–H groups in total. The minimum atomic E-state index is -1.26. The quantitative estimate of drug-likeness (QED) is 0.551. The van der Waals surface area contributed by atoms with Gasteiger partial charge in [0.05, 0.1) is 5.39 Å². The van der Waals surface area contributed by atoms with Crippen LogP contribution in [0.1, 0.15) is 37.8 Å². The van der Waals surface area contributed by atoms with Crippen LogP contribution in [0.4, 0.5) is 8.78 Å². The molecule has 0 radical (unpaired) electrons. The molecule has 1 aromatic carbocycles. The number of H-pyrrole nitrogens is 1. The number of hydrogen-bond donors (Lipinski definition) is 3. The van der Waals surface area contributed by atoms with E-state index in [4.69, 9.17) is 0 Å². The van der Waals surface area contributed by atoms with Gasteiger partial charge in [-0.3, -0.25) is 4.90 Å². The molecule has 0 saturated carbocycles. The van der Waals surface area contributed by atoms with Gasteiger partial charge in [0, 0.05) is 48.9 Å². The highest BCUT2D eigenvalue weighted by atomic mass is 19.1. The van der Waals surface area contributed by atoms with Crippen molar-refractivity contribution in [2.45, 2.75) is 45.3 Å². The largest absolute Gasteiger partial charge is 0.384 e. The molecule has 2 fully saturated rings. The third kappa shape index (κ3) is 3.66. The van der Waals surface area contributed by atoms with Crippen molar-refractivity contribution in [2.75, 3.05) is 26.2 Å². The number of likely N-dealkylation sites (tertiary alicyclic amines) is 1. The summed E-state index contributed by atoms with van der Waals surface area (Å²) >= 11 is 0. The number of halogens is 2. The molecule has 0 amide bonds. The highest BCUT2D eigenvalue weighted by Gasteiger charge is 2.49. The number of aromatic nitrogens is 2. The summed E-state index contributed by atoms with van der Waals surface area (Å²) in [6.45, 7) is 9.42. The van der Waals surface area contributed by atoms with Gasteiger partial charge in [-0.1, -0.05) is 19.9 Å². The molecule has 0 spiro atoms.